The number of aliphatic imine (C=N–C) groups is 1. The van der Waals surface area contributed by atoms with Crippen molar-refractivity contribution in [1.29, 1.82) is 0 Å². The molecule has 0 aliphatic carbocycles. The summed E-state index contributed by atoms with van der Waals surface area (Å²) in [6.07, 6.45) is 0. The number of nitro groups is 1. The zero-order valence-electron chi connectivity index (χ0n) is 16.8. The number of hydrogen-bond acceptors (Lipinski definition) is 6. The standard InChI is InChI=1S/C23H18BN3O4S/c28-24(29)17-9-5-15(6-10-17)20(13-27(30)31)22-19-3-1-2-4-21(19)26-23(22)16-7-11-18(12-8-16)25-14-32/h1-12,20,26,28-29H,13H2. The van der Waals surface area contributed by atoms with E-state index in [1.807, 2.05) is 48.5 Å². The molecular formula is C23H18BN3O4S. The van der Waals surface area contributed by atoms with Gasteiger partial charge in [0.1, 0.15) is 0 Å². The van der Waals surface area contributed by atoms with Crippen molar-refractivity contribution in [3.8, 4) is 11.3 Å². The topological polar surface area (TPSA) is 112 Å². The van der Waals surface area contributed by atoms with Gasteiger partial charge in [-0.3, -0.25) is 10.1 Å². The van der Waals surface area contributed by atoms with E-state index in [1.165, 1.54) is 0 Å². The van der Waals surface area contributed by atoms with Gasteiger partial charge in [0.15, 0.2) is 0 Å². The van der Waals surface area contributed by atoms with Crippen molar-refractivity contribution >= 4 is 46.6 Å². The first-order chi connectivity index (χ1) is 15.5. The molecule has 4 rings (SSSR count). The van der Waals surface area contributed by atoms with Gasteiger partial charge >= 0.3 is 7.12 Å². The van der Waals surface area contributed by atoms with E-state index in [4.69, 9.17) is 0 Å². The first-order valence-corrected chi connectivity index (χ1v) is 10.3. The second-order valence-electron chi connectivity index (χ2n) is 7.32. The molecule has 0 saturated carbocycles. The first-order valence-electron chi connectivity index (χ1n) is 9.84. The lowest BCUT2D eigenvalue weighted by Gasteiger charge is -2.16. The van der Waals surface area contributed by atoms with E-state index in [-0.39, 0.29) is 11.5 Å². The Balaban J connectivity index is 1.91. The molecule has 0 radical (unpaired) electrons. The fraction of sp³-hybridized carbons (Fsp3) is 0.0870. The Labute approximate surface area is 189 Å². The molecule has 1 atom stereocenters. The Kier molecular flexibility index (Phi) is 6.25. The maximum Gasteiger partial charge on any atom is 0.488 e. The van der Waals surface area contributed by atoms with Crippen LogP contribution >= 0.6 is 12.2 Å². The fourth-order valence-corrected chi connectivity index (χ4v) is 4.03. The quantitative estimate of drug-likeness (QED) is 0.133. The third-order valence-electron chi connectivity index (χ3n) is 5.39. The number of para-hydroxylation sites is 1. The Morgan fingerprint density at radius 2 is 1.75 bits per heavy atom. The second-order valence-corrected chi connectivity index (χ2v) is 7.50. The van der Waals surface area contributed by atoms with E-state index in [1.54, 1.807) is 24.3 Å². The number of isothiocyanates is 1. The van der Waals surface area contributed by atoms with Crippen LogP contribution < -0.4 is 5.46 Å². The molecule has 1 heterocycles. The SMILES string of the molecule is O=[N+]([O-])CC(c1ccc(B(O)O)cc1)c1c(-c2ccc(N=C=S)cc2)[nH]c2ccccc12. The first kappa shape index (κ1) is 21.6. The third-order valence-corrected chi connectivity index (χ3v) is 5.49. The molecule has 0 amide bonds. The number of hydrogen-bond donors (Lipinski definition) is 3. The Bertz CT molecular complexity index is 1310. The highest BCUT2D eigenvalue weighted by molar-refractivity contribution is 7.78. The molecular weight excluding hydrogens is 425 g/mol. The predicted molar refractivity (Wildman–Crippen MR) is 128 cm³/mol. The highest BCUT2D eigenvalue weighted by atomic mass is 32.1. The second kappa shape index (κ2) is 9.26. The van der Waals surface area contributed by atoms with Crippen LogP contribution in [0, 0.1) is 10.1 Å². The van der Waals surface area contributed by atoms with Crippen molar-refractivity contribution in [3.63, 3.8) is 0 Å². The zero-order chi connectivity index (χ0) is 22.7. The summed E-state index contributed by atoms with van der Waals surface area (Å²) in [7, 11) is -1.60. The van der Waals surface area contributed by atoms with Gasteiger partial charge in [-0.05, 0) is 52.6 Å². The summed E-state index contributed by atoms with van der Waals surface area (Å²) in [4.78, 5) is 18.7. The summed E-state index contributed by atoms with van der Waals surface area (Å²) >= 11 is 4.66. The molecule has 9 heteroatoms. The molecule has 0 saturated heterocycles. The van der Waals surface area contributed by atoms with Crippen LogP contribution in [-0.4, -0.2) is 38.8 Å². The summed E-state index contributed by atoms with van der Waals surface area (Å²) in [5.74, 6) is -0.556. The lowest BCUT2D eigenvalue weighted by molar-refractivity contribution is -0.481. The van der Waals surface area contributed by atoms with Crippen LogP contribution in [0.2, 0.25) is 0 Å². The van der Waals surface area contributed by atoms with Crippen molar-refractivity contribution in [2.75, 3.05) is 6.54 Å². The van der Waals surface area contributed by atoms with E-state index in [0.29, 0.717) is 16.7 Å². The number of nitrogens with one attached hydrogen (secondary N) is 1. The average Bonchev–Trinajstić information content (AvgIpc) is 3.17. The number of rotatable bonds is 7. The zero-order valence-corrected chi connectivity index (χ0v) is 17.6. The van der Waals surface area contributed by atoms with Crippen LogP contribution in [0.25, 0.3) is 22.2 Å². The molecule has 0 bridgehead atoms. The van der Waals surface area contributed by atoms with Gasteiger partial charge in [-0.15, -0.1) is 0 Å². The van der Waals surface area contributed by atoms with E-state index in [0.717, 1.165) is 27.7 Å². The van der Waals surface area contributed by atoms with Gasteiger partial charge in [0.05, 0.1) is 22.5 Å². The summed E-state index contributed by atoms with van der Waals surface area (Å²) in [6, 6.07) is 21.6. The van der Waals surface area contributed by atoms with Gasteiger partial charge in [0.2, 0.25) is 6.54 Å². The number of fused-ring (bicyclic) bond motifs is 1. The van der Waals surface area contributed by atoms with Crippen molar-refractivity contribution in [2.24, 2.45) is 4.99 Å². The number of nitrogens with zero attached hydrogens (tertiary/aromatic N) is 2. The maximum atomic E-state index is 11.6. The van der Waals surface area contributed by atoms with Gasteiger partial charge in [0.25, 0.3) is 0 Å². The van der Waals surface area contributed by atoms with Crippen LogP contribution in [0.4, 0.5) is 5.69 Å². The van der Waals surface area contributed by atoms with Crippen molar-refractivity contribution in [2.45, 2.75) is 5.92 Å². The minimum absolute atomic E-state index is 0.316. The molecule has 3 N–H and O–H groups in total. The van der Waals surface area contributed by atoms with Crippen LogP contribution in [0.3, 0.4) is 0 Å². The van der Waals surface area contributed by atoms with Crippen LogP contribution in [0.1, 0.15) is 17.0 Å². The summed E-state index contributed by atoms with van der Waals surface area (Å²) in [6.45, 7) is -0.316. The smallest absolute Gasteiger partial charge is 0.423 e. The van der Waals surface area contributed by atoms with Crippen LogP contribution in [0.5, 0.6) is 0 Å². The minimum atomic E-state index is -1.60. The minimum Gasteiger partial charge on any atom is -0.423 e. The normalized spacial score (nSPS) is 11.7. The van der Waals surface area contributed by atoms with E-state index in [9.17, 15) is 20.2 Å². The molecule has 158 valence electrons. The van der Waals surface area contributed by atoms with Crippen molar-refractivity contribution in [3.05, 3.63) is 94.0 Å². The number of H-pyrrole nitrogens is 1. The molecule has 1 aromatic heterocycles. The summed E-state index contributed by atoms with van der Waals surface area (Å²) < 4.78 is 0. The highest BCUT2D eigenvalue weighted by Crippen LogP contribution is 2.39. The number of aromatic nitrogens is 1. The van der Waals surface area contributed by atoms with Gasteiger partial charge < -0.3 is 15.0 Å². The molecule has 0 spiro atoms. The summed E-state index contributed by atoms with van der Waals surface area (Å²) in [5.41, 5.74) is 5.01. The number of benzene rings is 3. The fourth-order valence-electron chi connectivity index (χ4n) is 3.92. The van der Waals surface area contributed by atoms with Crippen molar-refractivity contribution < 1.29 is 15.0 Å². The third kappa shape index (κ3) is 4.37. The van der Waals surface area contributed by atoms with Gasteiger partial charge in [-0.25, -0.2) is 0 Å². The largest absolute Gasteiger partial charge is 0.488 e. The van der Waals surface area contributed by atoms with Gasteiger partial charge in [-0.2, -0.15) is 4.99 Å². The molecule has 3 aromatic carbocycles. The highest BCUT2D eigenvalue weighted by Gasteiger charge is 2.27. The monoisotopic (exact) mass is 443 g/mol. The predicted octanol–water partition coefficient (Wildman–Crippen LogP) is 3.66. The van der Waals surface area contributed by atoms with E-state index >= 15 is 0 Å². The molecule has 0 aliphatic heterocycles. The maximum absolute atomic E-state index is 11.6. The molecule has 0 fully saturated rings. The van der Waals surface area contributed by atoms with Crippen molar-refractivity contribution in [1.82, 2.24) is 4.98 Å². The Morgan fingerprint density at radius 3 is 2.38 bits per heavy atom. The van der Waals surface area contributed by atoms with Gasteiger partial charge in [-0.1, -0.05) is 54.6 Å². The molecule has 0 aliphatic rings. The van der Waals surface area contributed by atoms with Gasteiger partial charge in [0, 0.05) is 15.8 Å². The van der Waals surface area contributed by atoms with E-state index < -0.39 is 13.0 Å². The van der Waals surface area contributed by atoms with Crippen LogP contribution in [0.15, 0.2) is 77.8 Å². The lowest BCUT2D eigenvalue weighted by atomic mass is 9.78. The molecule has 32 heavy (non-hydrogen) atoms. The van der Waals surface area contributed by atoms with Crippen LogP contribution in [-0.2, 0) is 0 Å². The molecule has 1 unspecified atom stereocenters. The van der Waals surface area contributed by atoms with E-state index in [2.05, 4.69) is 27.4 Å². The Morgan fingerprint density at radius 1 is 1.06 bits per heavy atom. The number of thiocarbonyl (C=S) groups is 1. The number of aromatic amines is 1. The molecule has 4 aromatic rings. The Hall–Kier alpha value is -3.62. The molecule has 7 nitrogen and oxygen atoms in total. The average molecular weight is 443 g/mol. The lowest BCUT2D eigenvalue weighted by Crippen LogP contribution is -2.29. The summed E-state index contributed by atoms with van der Waals surface area (Å²) in [5, 5.41) is 33.7.